The van der Waals surface area contributed by atoms with Crippen LogP contribution >= 0.6 is 0 Å². The van der Waals surface area contributed by atoms with Gasteiger partial charge in [-0.25, -0.2) is 9.82 Å². The molecule has 2 aromatic rings. The number of nitrogens with one attached hydrogen (secondary N) is 1. The van der Waals surface area contributed by atoms with Crippen LogP contribution in [0.25, 0.3) is 0 Å². The number of hydrazone groups is 1. The second kappa shape index (κ2) is 7.68. The molecule has 0 unspecified atom stereocenters. The predicted molar refractivity (Wildman–Crippen MR) is 80.2 cm³/mol. The zero-order valence-electron chi connectivity index (χ0n) is 12.1. The third-order valence-corrected chi connectivity index (χ3v) is 2.76. The molecular formula is C15H11FN3O5-. The second-order valence-corrected chi connectivity index (χ2v) is 4.52. The molecule has 0 saturated heterocycles. The molecular weight excluding hydrogens is 321 g/mol. The van der Waals surface area contributed by atoms with Crippen LogP contribution in [-0.2, 0) is 4.79 Å². The first-order chi connectivity index (χ1) is 11.5. The first-order valence-corrected chi connectivity index (χ1v) is 6.61. The first-order valence-electron chi connectivity index (χ1n) is 6.61. The Morgan fingerprint density at radius 3 is 2.83 bits per heavy atom. The minimum Gasteiger partial charge on any atom is -0.872 e. The van der Waals surface area contributed by atoms with Crippen molar-refractivity contribution in [3.05, 3.63) is 64.0 Å². The molecule has 0 fully saturated rings. The van der Waals surface area contributed by atoms with Gasteiger partial charge in [-0.15, -0.1) is 0 Å². The van der Waals surface area contributed by atoms with Gasteiger partial charge in [0, 0.05) is 18.2 Å². The number of amides is 1. The van der Waals surface area contributed by atoms with Crippen molar-refractivity contribution in [3.8, 4) is 11.5 Å². The maximum atomic E-state index is 12.9. The molecule has 0 radical (unpaired) electrons. The van der Waals surface area contributed by atoms with E-state index in [-0.39, 0.29) is 17.0 Å². The van der Waals surface area contributed by atoms with Crippen LogP contribution in [0, 0.1) is 15.9 Å². The lowest BCUT2D eigenvalue weighted by atomic mass is 10.2. The van der Waals surface area contributed by atoms with Crippen molar-refractivity contribution in [3.63, 3.8) is 0 Å². The van der Waals surface area contributed by atoms with E-state index in [1.165, 1.54) is 18.2 Å². The van der Waals surface area contributed by atoms with Crippen LogP contribution < -0.4 is 15.3 Å². The van der Waals surface area contributed by atoms with E-state index in [2.05, 4.69) is 10.5 Å². The standard InChI is InChI=1S/C15H12FN3O5/c16-11-2-1-3-13(7-11)24-9-15(21)18-17-8-10-6-12(19(22)23)4-5-14(10)20/h1-8,20H,9H2,(H,18,21)/p-1/b17-8-. The van der Waals surface area contributed by atoms with Crippen molar-refractivity contribution in [1.82, 2.24) is 5.43 Å². The van der Waals surface area contributed by atoms with Crippen molar-refractivity contribution in [1.29, 1.82) is 0 Å². The summed E-state index contributed by atoms with van der Waals surface area (Å²) in [6.07, 6.45) is 0.995. The number of carbonyl (C=O) groups excluding carboxylic acids is 1. The molecule has 8 nitrogen and oxygen atoms in total. The second-order valence-electron chi connectivity index (χ2n) is 4.52. The molecule has 2 aromatic carbocycles. The van der Waals surface area contributed by atoms with Crippen molar-refractivity contribution >= 4 is 17.8 Å². The number of nitrogens with zero attached hydrogens (tertiary/aromatic N) is 2. The Kier molecular flexibility index (Phi) is 5.40. The largest absolute Gasteiger partial charge is 0.872 e. The van der Waals surface area contributed by atoms with E-state index in [9.17, 15) is 24.4 Å². The molecule has 0 bridgehead atoms. The fraction of sp³-hybridized carbons (Fsp3) is 0.0667. The van der Waals surface area contributed by atoms with Crippen molar-refractivity contribution < 1.29 is 24.0 Å². The fourth-order valence-corrected chi connectivity index (χ4v) is 1.66. The van der Waals surface area contributed by atoms with Gasteiger partial charge >= 0.3 is 0 Å². The molecule has 0 atom stereocenters. The highest BCUT2D eigenvalue weighted by Gasteiger charge is 2.06. The third kappa shape index (κ3) is 4.77. The molecule has 0 aliphatic rings. The van der Waals surface area contributed by atoms with Crippen LogP contribution in [0.3, 0.4) is 0 Å². The number of hydrogen-bond acceptors (Lipinski definition) is 6. The highest BCUT2D eigenvalue weighted by atomic mass is 19.1. The van der Waals surface area contributed by atoms with Crippen molar-refractivity contribution in [2.24, 2.45) is 5.10 Å². The van der Waals surface area contributed by atoms with Gasteiger partial charge in [-0.05, 0) is 17.7 Å². The van der Waals surface area contributed by atoms with E-state index in [1.54, 1.807) is 0 Å². The summed E-state index contributed by atoms with van der Waals surface area (Å²) in [5.41, 5.74) is 1.78. The first kappa shape index (κ1) is 16.9. The molecule has 0 saturated carbocycles. The molecule has 0 aliphatic carbocycles. The number of non-ortho nitro benzene ring substituents is 1. The highest BCUT2D eigenvalue weighted by Crippen LogP contribution is 2.19. The predicted octanol–water partition coefficient (Wildman–Crippen LogP) is 1.34. The topological polar surface area (TPSA) is 117 Å². The number of rotatable bonds is 6. The molecule has 24 heavy (non-hydrogen) atoms. The minimum absolute atomic E-state index is 0.0458. The Balaban J connectivity index is 1.90. The number of ether oxygens (including phenoxy) is 1. The van der Waals surface area contributed by atoms with Gasteiger partial charge in [-0.2, -0.15) is 5.10 Å². The van der Waals surface area contributed by atoms with Crippen LogP contribution in [0.2, 0.25) is 0 Å². The summed E-state index contributed by atoms with van der Waals surface area (Å²) >= 11 is 0. The van der Waals surface area contributed by atoms with Gasteiger partial charge < -0.3 is 9.84 Å². The number of nitro benzene ring substituents is 1. The SMILES string of the molecule is O=C(COc1cccc(F)c1)N/N=C\c1cc([N+](=O)[O-])ccc1[O-]. The molecule has 1 N–H and O–H groups in total. The quantitative estimate of drug-likeness (QED) is 0.486. The summed E-state index contributed by atoms with van der Waals surface area (Å²) in [6, 6.07) is 8.41. The molecule has 0 aliphatic heterocycles. The number of hydrogen-bond donors (Lipinski definition) is 1. The molecule has 9 heteroatoms. The lowest BCUT2D eigenvalue weighted by Gasteiger charge is -2.08. The summed E-state index contributed by atoms with van der Waals surface area (Å²) in [6.45, 7) is -0.417. The van der Waals surface area contributed by atoms with Gasteiger partial charge in [0.1, 0.15) is 11.6 Å². The van der Waals surface area contributed by atoms with E-state index in [0.29, 0.717) is 0 Å². The fourth-order valence-electron chi connectivity index (χ4n) is 1.66. The van der Waals surface area contributed by atoms with Crippen LogP contribution in [0.15, 0.2) is 47.6 Å². The molecule has 2 rings (SSSR count). The zero-order chi connectivity index (χ0) is 17.5. The van der Waals surface area contributed by atoms with Gasteiger partial charge in [-0.3, -0.25) is 14.9 Å². The van der Waals surface area contributed by atoms with Crippen LogP contribution in [0.1, 0.15) is 5.56 Å². The Labute approximate surface area is 135 Å². The highest BCUT2D eigenvalue weighted by molar-refractivity contribution is 5.86. The smallest absolute Gasteiger partial charge is 0.277 e. The van der Waals surface area contributed by atoms with Gasteiger partial charge in [0.15, 0.2) is 6.61 Å². The third-order valence-electron chi connectivity index (χ3n) is 2.76. The molecule has 0 heterocycles. The Bertz CT molecular complexity index is 794. The molecule has 124 valence electrons. The van der Waals surface area contributed by atoms with E-state index in [0.717, 1.165) is 30.5 Å². The molecule has 0 aromatic heterocycles. The minimum atomic E-state index is -0.651. The number of nitro groups is 1. The lowest BCUT2D eigenvalue weighted by Crippen LogP contribution is -2.24. The van der Waals surface area contributed by atoms with E-state index < -0.39 is 29.0 Å². The summed E-state index contributed by atoms with van der Waals surface area (Å²) < 4.78 is 18.0. The van der Waals surface area contributed by atoms with Crippen LogP contribution in [0.5, 0.6) is 11.5 Å². The maximum Gasteiger partial charge on any atom is 0.277 e. The monoisotopic (exact) mass is 332 g/mol. The van der Waals surface area contributed by atoms with Crippen molar-refractivity contribution in [2.75, 3.05) is 6.61 Å². The van der Waals surface area contributed by atoms with Gasteiger partial charge in [-0.1, -0.05) is 17.9 Å². The van der Waals surface area contributed by atoms with Crippen molar-refractivity contribution in [2.45, 2.75) is 0 Å². The van der Waals surface area contributed by atoms with E-state index >= 15 is 0 Å². The normalized spacial score (nSPS) is 10.5. The number of benzene rings is 2. The summed E-state index contributed by atoms with van der Waals surface area (Å²) in [5, 5.41) is 25.7. The van der Waals surface area contributed by atoms with Crippen LogP contribution in [-0.4, -0.2) is 23.7 Å². The van der Waals surface area contributed by atoms with E-state index in [1.807, 2.05) is 0 Å². The maximum absolute atomic E-state index is 12.9. The average Bonchev–Trinajstić information content (AvgIpc) is 2.54. The summed E-state index contributed by atoms with van der Waals surface area (Å²) in [7, 11) is 0. The average molecular weight is 332 g/mol. The summed E-state index contributed by atoms with van der Waals surface area (Å²) in [4.78, 5) is 21.5. The zero-order valence-corrected chi connectivity index (χ0v) is 12.1. The molecule has 1 amide bonds. The number of carbonyl (C=O) groups is 1. The lowest BCUT2D eigenvalue weighted by molar-refractivity contribution is -0.385. The molecule has 0 spiro atoms. The van der Waals surface area contributed by atoms with Gasteiger partial charge in [0.05, 0.1) is 11.1 Å². The van der Waals surface area contributed by atoms with Gasteiger partial charge in [0.2, 0.25) is 0 Å². The summed E-state index contributed by atoms with van der Waals surface area (Å²) in [5.74, 6) is -1.45. The Morgan fingerprint density at radius 1 is 1.33 bits per heavy atom. The Morgan fingerprint density at radius 2 is 2.12 bits per heavy atom. The number of halogens is 1. The Hall–Kier alpha value is -3.49. The van der Waals surface area contributed by atoms with Gasteiger partial charge in [0.25, 0.3) is 11.6 Å². The van der Waals surface area contributed by atoms with Crippen LogP contribution in [0.4, 0.5) is 10.1 Å². The van der Waals surface area contributed by atoms with E-state index in [4.69, 9.17) is 4.74 Å².